The van der Waals surface area contributed by atoms with Gasteiger partial charge in [0.05, 0.1) is 22.4 Å². The number of carboxylic acid groups (broad SMARTS) is 1. The minimum Gasteiger partial charge on any atom is -0.481 e. The van der Waals surface area contributed by atoms with E-state index in [0.29, 0.717) is 24.1 Å². The van der Waals surface area contributed by atoms with Gasteiger partial charge < -0.3 is 15.7 Å². The van der Waals surface area contributed by atoms with Crippen LogP contribution in [0.5, 0.6) is 0 Å². The number of carboxylic acids is 1. The van der Waals surface area contributed by atoms with Gasteiger partial charge in [-0.05, 0) is 31.0 Å². The molecule has 2 atom stereocenters. The van der Waals surface area contributed by atoms with Gasteiger partial charge in [-0.25, -0.2) is 0 Å². The summed E-state index contributed by atoms with van der Waals surface area (Å²) in [4.78, 5) is 35.2. The molecule has 2 rings (SSSR count). The van der Waals surface area contributed by atoms with Crippen molar-refractivity contribution in [2.45, 2.75) is 12.8 Å². The number of carbonyl (C=O) groups excluding carboxylic acids is 2. The quantitative estimate of drug-likeness (QED) is 0.735. The van der Waals surface area contributed by atoms with E-state index in [1.807, 2.05) is 6.08 Å². The van der Waals surface area contributed by atoms with E-state index in [4.69, 9.17) is 11.6 Å². The lowest BCUT2D eigenvalue weighted by Gasteiger charge is -2.24. The van der Waals surface area contributed by atoms with E-state index in [1.165, 1.54) is 19.2 Å². The number of carbonyl (C=O) groups is 3. The molecule has 0 aromatic heterocycles. The van der Waals surface area contributed by atoms with Gasteiger partial charge in [0.25, 0.3) is 5.91 Å². The average Bonchev–Trinajstić information content (AvgIpc) is 2.54. The molecule has 7 heteroatoms. The second-order valence-corrected chi connectivity index (χ2v) is 5.66. The first-order chi connectivity index (χ1) is 10.9. The largest absolute Gasteiger partial charge is 0.481 e. The van der Waals surface area contributed by atoms with Crippen molar-refractivity contribution in [2.24, 2.45) is 11.8 Å². The number of amides is 2. The number of benzene rings is 1. The van der Waals surface area contributed by atoms with Gasteiger partial charge >= 0.3 is 5.97 Å². The topological polar surface area (TPSA) is 95.5 Å². The van der Waals surface area contributed by atoms with Crippen LogP contribution in [0.4, 0.5) is 5.69 Å². The molecule has 1 aliphatic rings. The molecule has 0 fully saturated rings. The zero-order valence-corrected chi connectivity index (χ0v) is 13.3. The normalized spacial score (nSPS) is 19.9. The van der Waals surface area contributed by atoms with Crippen molar-refractivity contribution in [1.82, 2.24) is 5.32 Å². The Labute approximate surface area is 138 Å². The summed E-state index contributed by atoms with van der Waals surface area (Å²) in [6, 6.07) is 4.54. The van der Waals surface area contributed by atoms with E-state index in [-0.39, 0.29) is 16.8 Å². The second kappa shape index (κ2) is 7.28. The molecular formula is C16H17ClN2O4. The number of aliphatic carboxylic acids is 1. The number of halogens is 1. The summed E-state index contributed by atoms with van der Waals surface area (Å²) in [5, 5.41) is 14.6. The Bertz CT molecular complexity index is 672. The van der Waals surface area contributed by atoms with Crippen LogP contribution < -0.4 is 10.6 Å². The van der Waals surface area contributed by atoms with E-state index in [1.54, 1.807) is 12.1 Å². The van der Waals surface area contributed by atoms with Crippen LogP contribution in [0.1, 0.15) is 23.2 Å². The third kappa shape index (κ3) is 3.90. The highest BCUT2D eigenvalue weighted by Crippen LogP contribution is 2.28. The fourth-order valence-corrected chi connectivity index (χ4v) is 2.79. The molecule has 6 nitrogen and oxygen atoms in total. The number of allylic oxidation sites excluding steroid dienone is 2. The molecule has 122 valence electrons. The van der Waals surface area contributed by atoms with E-state index < -0.39 is 17.8 Å². The van der Waals surface area contributed by atoms with Crippen molar-refractivity contribution in [3.05, 3.63) is 40.9 Å². The highest BCUT2D eigenvalue weighted by atomic mass is 35.5. The van der Waals surface area contributed by atoms with Crippen molar-refractivity contribution in [3.63, 3.8) is 0 Å². The van der Waals surface area contributed by atoms with Crippen molar-refractivity contribution in [3.8, 4) is 0 Å². The van der Waals surface area contributed by atoms with Gasteiger partial charge in [-0.1, -0.05) is 23.8 Å². The fourth-order valence-electron chi connectivity index (χ4n) is 2.52. The van der Waals surface area contributed by atoms with Crippen LogP contribution in [0.25, 0.3) is 0 Å². The lowest BCUT2D eigenvalue weighted by molar-refractivity contribution is -0.146. The molecule has 1 aliphatic carbocycles. The van der Waals surface area contributed by atoms with Crippen molar-refractivity contribution in [1.29, 1.82) is 0 Å². The van der Waals surface area contributed by atoms with Crippen LogP contribution in [0.2, 0.25) is 5.02 Å². The Morgan fingerprint density at radius 2 is 1.83 bits per heavy atom. The number of hydrogen-bond acceptors (Lipinski definition) is 3. The molecule has 0 bridgehead atoms. The summed E-state index contributed by atoms with van der Waals surface area (Å²) >= 11 is 6.03. The molecule has 0 saturated carbocycles. The predicted octanol–water partition coefficient (Wildman–Crippen LogP) is 2.31. The molecule has 0 heterocycles. The first kappa shape index (κ1) is 17.0. The first-order valence-electron chi connectivity index (χ1n) is 7.14. The lowest BCUT2D eigenvalue weighted by Crippen LogP contribution is -2.34. The summed E-state index contributed by atoms with van der Waals surface area (Å²) in [6.07, 6.45) is 4.31. The van der Waals surface area contributed by atoms with Gasteiger partial charge in [-0.3, -0.25) is 14.4 Å². The number of nitrogens with one attached hydrogen (secondary N) is 2. The maximum Gasteiger partial charge on any atom is 0.307 e. The minimum atomic E-state index is -0.984. The van der Waals surface area contributed by atoms with Crippen LogP contribution in [-0.4, -0.2) is 29.9 Å². The zero-order valence-electron chi connectivity index (χ0n) is 12.5. The predicted molar refractivity (Wildman–Crippen MR) is 86.5 cm³/mol. The summed E-state index contributed by atoms with van der Waals surface area (Å²) in [5.41, 5.74) is 0.725. The van der Waals surface area contributed by atoms with E-state index in [2.05, 4.69) is 10.6 Å². The van der Waals surface area contributed by atoms with Gasteiger partial charge in [0.15, 0.2) is 0 Å². The third-order valence-electron chi connectivity index (χ3n) is 3.79. The van der Waals surface area contributed by atoms with E-state index >= 15 is 0 Å². The van der Waals surface area contributed by atoms with Crippen LogP contribution in [0.3, 0.4) is 0 Å². The van der Waals surface area contributed by atoms with Crippen molar-refractivity contribution < 1.29 is 19.5 Å². The molecule has 1 aromatic carbocycles. The second-order valence-electron chi connectivity index (χ2n) is 5.26. The Morgan fingerprint density at radius 1 is 1.17 bits per heavy atom. The summed E-state index contributed by atoms with van der Waals surface area (Å²) in [5.74, 6) is -3.04. The number of rotatable bonds is 4. The standard InChI is InChI=1S/C16H17ClN2O4/c1-18-14(20)12-7-6-9(8-13(12)17)19-15(21)10-4-2-3-5-11(10)16(22)23/h2-3,6-8,10-11H,4-5H2,1H3,(H,18,20)(H,19,21)(H,22,23)/t10-,11-/m0/s1. The highest BCUT2D eigenvalue weighted by Gasteiger charge is 2.34. The SMILES string of the molecule is CNC(=O)c1ccc(NC(=O)[C@H]2CC=CC[C@@H]2C(=O)O)cc1Cl. The van der Waals surface area contributed by atoms with Crippen LogP contribution >= 0.6 is 11.6 Å². The minimum absolute atomic E-state index is 0.209. The first-order valence-corrected chi connectivity index (χ1v) is 7.52. The van der Waals surface area contributed by atoms with Gasteiger partial charge in [0.1, 0.15) is 0 Å². The molecule has 1 aromatic rings. The summed E-state index contributed by atoms with van der Waals surface area (Å²) in [6.45, 7) is 0. The smallest absolute Gasteiger partial charge is 0.307 e. The van der Waals surface area contributed by atoms with Gasteiger partial charge in [0, 0.05) is 12.7 Å². The molecule has 0 saturated heterocycles. The molecule has 0 unspecified atom stereocenters. The molecule has 0 radical (unpaired) electrons. The van der Waals surface area contributed by atoms with Gasteiger partial charge in [-0.2, -0.15) is 0 Å². The molecule has 0 aliphatic heterocycles. The number of hydrogen-bond donors (Lipinski definition) is 3. The van der Waals surface area contributed by atoms with Gasteiger partial charge in [-0.15, -0.1) is 0 Å². The summed E-state index contributed by atoms with van der Waals surface area (Å²) < 4.78 is 0. The molecule has 0 spiro atoms. The van der Waals surface area contributed by atoms with Crippen LogP contribution in [-0.2, 0) is 9.59 Å². The monoisotopic (exact) mass is 336 g/mol. The van der Waals surface area contributed by atoms with Crippen molar-refractivity contribution >= 4 is 35.1 Å². The lowest BCUT2D eigenvalue weighted by atomic mass is 9.82. The number of anilines is 1. The highest BCUT2D eigenvalue weighted by molar-refractivity contribution is 6.34. The molecule has 3 N–H and O–H groups in total. The van der Waals surface area contributed by atoms with Crippen LogP contribution in [0.15, 0.2) is 30.4 Å². The van der Waals surface area contributed by atoms with Gasteiger partial charge in [0.2, 0.25) is 5.91 Å². The van der Waals surface area contributed by atoms with E-state index in [0.717, 1.165) is 0 Å². The molecular weight excluding hydrogens is 320 g/mol. The molecule has 2 amide bonds. The Morgan fingerprint density at radius 3 is 2.39 bits per heavy atom. The Hall–Kier alpha value is -2.34. The maximum atomic E-state index is 12.3. The molecule has 23 heavy (non-hydrogen) atoms. The van der Waals surface area contributed by atoms with Crippen molar-refractivity contribution in [2.75, 3.05) is 12.4 Å². The fraction of sp³-hybridized carbons (Fsp3) is 0.312. The van der Waals surface area contributed by atoms with E-state index in [9.17, 15) is 19.5 Å². The zero-order chi connectivity index (χ0) is 17.0. The summed E-state index contributed by atoms with van der Waals surface area (Å²) in [7, 11) is 1.50. The third-order valence-corrected chi connectivity index (χ3v) is 4.11. The Balaban J connectivity index is 2.14. The average molecular weight is 337 g/mol. The Kier molecular flexibility index (Phi) is 5.39. The van der Waals surface area contributed by atoms with Crippen LogP contribution in [0, 0.1) is 11.8 Å². The maximum absolute atomic E-state index is 12.3.